The van der Waals surface area contributed by atoms with E-state index in [0.29, 0.717) is 16.8 Å². The van der Waals surface area contributed by atoms with Crippen molar-refractivity contribution >= 4 is 17.5 Å². The van der Waals surface area contributed by atoms with Crippen molar-refractivity contribution in [1.82, 2.24) is 4.98 Å². The first kappa shape index (κ1) is 22.6. The number of hydrogen-bond donors (Lipinski definition) is 4. The first-order chi connectivity index (χ1) is 16.6. The van der Waals surface area contributed by atoms with Gasteiger partial charge in [0.1, 0.15) is 22.8 Å². The molecule has 0 radical (unpaired) electrons. The molecule has 3 atom stereocenters. The molecule has 0 aliphatic heterocycles. The summed E-state index contributed by atoms with van der Waals surface area (Å²) in [6.45, 7) is 1.83. The molecule has 0 bridgehead atoms. The van der Waals surface area contributed by atoms with Crippen LogP contribution in [0, 0.1) is 23.7 Å². The second-order valence-electron chi connectivity index (χ2n) is 9.15. The van der Waals surface area contributed by atoms with Gasteiger partial charge in [-0.3, -0.25) is 19.4 Å². The number of nitrogens with zero attached hydrogens (tertiary/aromatic N) is 2. The van der Waals surface area contributed by atoms with Crippen molar-refractivity contribution < 1.29 is 29.7 Å². The van der Waals surface area contributed by atoms with Crippen LogP contribution in [0.25, 0.3) is 11.3 Å². The second-order valence-corrected chi connectivity index (χ2v) is 9.15. The minimum absolute atomic E-state index is 0.0465. The third-order valence-electron chi connectivity index (χ3n) is 7.22. The molecule has 1 aromatic carbocycles. The van der Waals surface area contributed by atoms with E-state index in [4.69, 9.17) is 5.73 Å². The SMILES string of the molecule is Cc1cccc(-c2ccc(O)c3c2C[C@H]2C[C@H]4CC(N=O)=C(C(N)=O)C(=O)[C@@]4(O)C(O)=C2C3=O)n1. The average molecular weight is 475 g/mol. The van der Waals surface area contributed by atoms with Crippen LogP contribution < -0.4 is 5.73 Å². The lowest BCUT2D eigenvalue weighted by Gasteiger charge is -2.45. The Morgan fingerprint density at radius 1 is 1.17 bits per heavy atom. The highest BCUT2D eigenvalue weighted by Gasteiger charge is 2.59. The molecule has 0 saturated carbocycles. The molecule has 5 N–H and O–H groups in total. The number of aromatic hydroxyl groups is 1. The number of nitrogens with two attached hydrogens (primary N) is 1. The van der Waals surface area contributed by atoms with Crippen molar-refractivity contribution in [1.29, 1.82) is 0 Å². The van der Waals surface area contributed by atoms with E-state index in [-0.39, 0.29) is 36.1 Å². The summed E-state index contributed by atoms with van der Waals surface area (Å²) in [7, 11) is 0. The van der Waals surface area contributed by atoms with Crippen molar-refractivity contribution in [3.05, 3.63) is 74.7 Å². The van der Waals surface area contributed by atoms with Gasteiger partial charge in [-0.1, -0.05) is 6.07 Å². The van der Waals surface area contributed by atoms with E-state index in [9.17, 15) is 34.6 Å². The quantitative estimate of drug-likeness (QED) is 0.385. The van der Waals surface area contributed by atoms with Gasteiger partial charge in [-0.25, -0.2) is 0 Å². The number of phenolic OH excluding ortho intramolecular Hbond substituents is 1. The molecule has 3 aliphatic carbocycles. The van der Waals surface area contributed by atoms with Crippen molar-refractivity contribution in [3.8, 4) is 17.0 Å². The summed E-state index contributed by atoms with van der Waals surface area (Å²) < 4.78 is 0. The van der Waals surface area contributed by atoms with Gasteiger partial charge in [-0.05, 0) is 60.7 Å². The third-order valence-corrected chi connectivity index (χ3v) is 7.22. The Labute approximate surface area is 198 Å². The number of benzene rings is 1. The Bertz CT molecular complexity index is 1420. The van der Waals surface area contributed by atoms with E-state index in [1.807, 2.05) is 19.1 Å². The zero-order chi connectivity index (χ0) is 25.2. The largest absolute Gasteiger partial charge is 0.508 e. The van der Waals surface area contributed by atoms with Gasteiger partial charge in [0.2, 0.25) is 5.78 Å². The topological polar surface area (TPSA) is 180 Å². The number of pyridine rings is 1. The summed E-state index contributed by atoms with van der Waals surface area (Å²) in [5.74, 6) is -6.09. The van der Waals surface area contributed by atoms with Crippen LogP contribution in [0.3, 0.4) is 0 Å². The van der Waals surface area contributed by atoms with Crippen LogP contribution in [0.4, 0.5) is 0 Å². The van der Waals surface area contributed by atoms with Gasteiger partial charge in [0.25, 0.3) is 5.91 Å². The van der Waals surface area contributed by atoms with Crippen molar-refractivity contribution in [3.63, 3.8) is 0 Å². The molecule has 1 amide bonds. The maximum atomic E-state index is 13.6. The monoisotopic (exact) mass is 475 g/mol. The van der Waals surface area contributed by atoms with E-state index >= 15 is 0 Å². The Kier molecular flexibility index (Phi) is 4.95. The van der Waals surface area contributed by atoms with E-state index in [2.05, 4.69) is 10.2 Å². The zero-order valence-electron chi connectivity index (χ0n) is 18.6. The molecule has 10 nitrogen and oxygen atoms in total. The smallest absolute Gasteiger partial charge is 0.254 e. The Hall–Kier alpha value is -4.18. The number of hydrogen-bond acceptors (Lipinski definition) is 9. The summed E-state index contributed by atoms with van der Waals surface area (Å²) in [5.41, 5.74) is 3.74. The number of amides is 1. The van der Waals surface area contributed by atoms with E-state index in [0.717, 1.165) is 5.69 Å². The van der Waals surface area contributed by atoms with Gasteiger partial charge in [-0.15, -0.1) is 4.91 Å². The molecule has 35 heavy (non-hydrogen) atoms. The third kappa shape index (κ3) is 3.06. The highest BCUT2D eigenvalue weighted by Crippen LogP contribution is 2.52. The normalized spacial score (nSPS) is 25.7. The molecule has 0 fully saturated rings. The van der Waals surface area contributed by atoms with Gasteiger partial charge < -0.3 is 21.1 Å². The number of fused-ring (bicyclic) bond motifs is 3. The number of nitroso groups, excluding NO2 is 1. The summed E-state index contributed by atoms with van der Waals surface area (Å²) >= 11 is 0. The van der Waals surface area contributed by atoms with Crippen LogP contribution in [0.5, 0.6) is 5.75 Å². The molecule has 2 aromatic rings. The fourth-order valence-corrected chi connectivity index (χ4v) is 5.64. The van der Waals surface area contributed by atoms with Crippen LogP contribution in [-0.4, -0.2) is 43.4 Å². The predicted molar refractivity (Wildman–Crippen MR) is 122 cm³/mol. The molecular formula is C25H21N3O7. The van der Waals surface area contributed by atoms with Crippen LogP contribution in [-0.2, 0) is 16.0 Å². The predicted octanol–water partition coefficient (Wildman–Crippen LogP) is 2.16. The van der Waals surface area contributed by atoms with Crippen LogP contribution >= 0.6 is 0 Å². The highest BCUT2D eigenvalue weighted by molar-refractivity contribution is 6.24. The first-order valence-electron chi connectivity index (χ1n) is 11.0. The lowest BCUT2D eigenvalue weighted by molar-refractivity contribution is -0.143. The summed E-state index contributed by atoms with van der Waals surface area (Å²) in [5, 5.41) is 35.8. The van der Waals surface area contributed by atoms with Gasteiger partial charge in [0.05, 0.1) is 11.3 Å². The summed E-state index contributed by atoms with van der Waals surface area (Å²) in [6.07, 6.45) is -0.0176. The van der Waals surface area contributed by atoms with Gasteiger partial charge in [0.15, 0.2) is 11.4 Å². The fraction of sp³-hybridized carbons (Fsp3) is 0.280. The number of Topliss-reactive ketones (excluding diaryl/α,β-unsaturated/α-hetero) is 2. The molecule has 10 heteroatoms. The van der Waals surface area contributed by atoms with Gasteiger partial charge in [0, 0.05) is 29.2 Å². The molecule has 1 heterocycles. The number of aryl methyl sites for hydroxylation is 1. The number of aliphatic hydroxyl groups is 2. The molecule has 0 spiro atoms. The van der Waals surface area contributed by atoms with Crippen LogP contribution in [0.1, 0.15) is 34.5 Å². The second kappa shape index (κ2) is 7.67. The van der Waals surface area contributed by atoms with Crippen LogP contribution in [0.15, 0.2) is 58.1 Å². The fourth-order valence-electron chi connectivity index (χ4n) is 5.64. The Morgan fingerprint density at radius 3 is 2.57 bits per heavy atom. The lowest BCUT2D eigenvalue weighted by atomic mass is 9.60. The standard InChI is InChI=1S/C25H21N3O7/c1-10-3-2-4-15(27-10)13-5-6-17(29)19-14(13)8-11-7-12-9-16(28-35)20(24(26)33)23(32)25(12,34)22(31)18(11)21(19)30/h2-6,11-12,29,31,34H,7-9H2,1H3,(H2,26,33)/t11-,12+,25+/m1/s1. The summed E-state index contributed by atoms with van der Waals surface area (Å²) in [6, 6.07) is 8.46. The number of phenols is 1. The van der Waals surface area contributed by atoms with Crippen molar-refractivity contribution in [2.75, 3.05) is 0 Å². The highest BCUT2D eigenvalue weighted by atomic mass is 16.3. The first-order valence-corrected chi connectivity index (χ1v) is 11.0. The Balaban J connectivity index is 1.70. The molecule has 3 aliphatic rings. The van der Waals surface area contributed by atoms with E-state index < -0.39 is 51.9 Å². The molecular weight excluding hydrogens is 454 g/mol. The van der Waals surface area contributed by atoms with Crippen molar-refractivity contribution in [2.45, 2.75) is 31.8 Å². The number of carbonyl (C=O) groups is 3. The Morgan fingerprint density at radius 2 is 1.91 bits per heavy atom. The van der Waals surface area contributed by atoms with Gasteiger partial charge in [-0.2, -0.15) is 0 Å². The van der Waals surface area contributed by atoms with Crippen LogP contribution in [0.2, 0.25) is 0 Å². The number of primary amides is 1. The molecule has 0 unspecified atom stereocenters. The molecule has 0 saturated heterocycles. The molecule has 178 valence electrons. The molecule has 5 rings (SSSR count). The number of carbonyl (C=O) groups excluding carboxylic acids is 3. The summed E-state index contributed by atoms with van der Waals surface area (Å²) in [4.78, 5) is 54.4. The minimum atomic E-state index is -2.61. The minimum Gasteiger partial charge on any atom is -0.508 e. The zero-order valence-corrected chi connectivity index (χ0v) is 18.6. The van der Waals surface area contributed by atoms with Gasteiger partial charge >= 0.3 is 0 Å². The molecule has 1 aromatic heterocycles. The van der Waals surface area contributed by atoms with E-state index in [1.165, 1.54) is 6.07 Å². The maximum Gasteiger partial charge on any atom is 0.254 e. The number of allylic oxidation sites excluding steroid dienone is 2. The number of aromatic nitrogens is 1. The number of ketones is 2. The van der Waals surface area contributed by atoms with E-state index in [1.54, 1.807) is 12.1 Å². The van der Waals surface area contributed by atoms with Crippen molar-refractivity contribution in [2.24, 2.45) is 22.7 Å². The number of aliphatic hydroxyl groups excluding tert-OH is 1. The lowest BCUT2D eigenvalue weighted by Crippen LogP contribution is -2.57. The number of rotatable bonds is 3. The maximum absolute atomic E-state index is 13.6. The average Bonchev–Trinajstić information content (AvgIpc) is 2.80.